The smallest absolute Gasteiger partial charge is 0.223 e. The fraction of sp³-hybridized carbons (Fsp3) is 0.364. The van der Waals surface area contributed by atoms with Gasteiger partial charge < -0.3 is 14.9 Å². The second-order valence-corrected chi connectivity index (χ2v) is 7.13. The Morgan fingerprint density at radius 2 is 1.59 bits per heavy atom. The lowest BCUT2D eigenvalue weighted by molar-refractivity contribution is -0.131. The number of rotatable bonds is 5. The summed E-state index contributed by atoms with van der Waals surface area (Å²) in [7, 11) is 0. The van der Waals surface area contributed by atoms with E-state index in [1.165, 1.54) is 0 Å². The van der Waals surface area contributed by atoms with E-state index >= 15 is 0 Å². The Kier molecular flexibility index (Phi) is 5.79. The summed E-state index contributed by atoms with van der Waals surface area (Å²) >= 11 is 0. The molecule has 1 aliphatic heterocycles. The molecule has 1 N–H and O–H groups in total. The number of nitrogens with zero attached hydrogens (tertiary/aromatic N) is 2. The summed E-state index contributed by atoms with van der Waals surface area (Å²) in [6.07, 6.45) is 0.507. The van der Waals surface area contributed by atoms with Gasteiger partial charge in [-0.1, -0.05) is 17.7 Å². The molecule has 1 aliphatic rings. The van der Waals surface area contributed by atoms with E-state index in [0.717, 1.165) is 35.5 Å². The average Bonchev–Trinajstić information content (AvgIpc) is 2.68. The number of hydrogen-bond donors (Lipinski definition) is 1. The third-order valence-electron chi connectivity index (χ3n) is 5.11. The molecule has 0 saturated carbocycles. The SMILES string of the molecule is Cc1ccc(C)c(C(=O)CCC(=O)N2CCN(c3ccc(O)cc3)CC2)c1. The third-order valence-corrected chi connectivity index (χ3v) is 5.11. The molecule has 3 rings (SSSR count). The molecule has 27 heavy (non-hydrogen) atoms. The van der Waals surface area contributed by atoms with E-state index < -0.39 is 0 Å². The summed E-state index contributed by atoms with van der Waals surface area (Å²) in [4.78, 5) is 29.0. The van der Waals surface area contributed by atoms with E-state index in [4.69, 9.17) is 0 Å². The van der Waals surface area contributed by atoms with Gasteiger partial charge in [-0.3, -0.25) is 9.59 Å². The quantitative estimate of drug-likeness (QED) is 0.825. The summed E-state index contributed by atoms with van der Waals surface area (Å²) in [6.45, 7) is 6.70. The molecule has 5 heteroatoms. The molecule has 0 atom stereocenters. The second kappa shape index (κ2) is 8.25. The van der Waals surface area contributed by atoms with E-state index in [9.17, 15) is 14.7 Å². The van der Waals surface area contributed by atoms with Crippen molar-refractivity contribution in [3.8, 4) is 5.75 Å². The zero-order chi connectivity index (χ0) is 19.4. The number of benzene rings is 2. The van der Waals surface area contributed by atoms with Crippen molar-refractivity contribution in [1.29, 1.82) is 0 Å². The number of phenolic OH excluding ortho intramolecular Hbond substituents is 1. The van der Waals surface area contributed by atoms with Crippen LogP contribution in [0, 0.1) is 13.8 Å². The van der Waals surface area contributed by atoms with Crippen LogP contribution < -0.4 is 4.90 Å². The van der Waals surface area contributed by atoms with Crippen molar-refractivity contribution < 1.29 is 14.7 Å². The maximum absolute atomic E-state index is 12.5. The first kappa shape index (κ1) is 19.0. The van der Waals surface area contributed by atoms with Gasteiger partial charge in [0.1, 0.15) is 5.75 Å². The lowest BCUT2D eigenvalue weighted by Gasteiger charge is -2.36. The van der Waals surface area contributed by atoms with Gasteiger partial charge in [0.25, 0.3) is 0 Å². The highest BCUT2D eigenvalue weighted by atomic mass is 16.3. The highest BCUT2D eigenvalue weighted by molar-refractivity contribution is 5.99. The number of Topliss-reactive ketones (excluding diaryl/α,β-unsaturated/α-hetero) is 1. The molecule has 1 amide bonds. The molecule has 1 heterocycles. The molecular weight excluding hydrogens is 340 g/mol. The first-order chi connectivity index (χ1) is 12.9. The Hall–Kier alpha value is -2.82. The summed E-state index contributed by atoms with van der Waals surface area (Å²) in [5, 5.41) is 9.39. The van der Waals surface area contributed by atoms with Crippen molar-refractivity contribution in [2.45, 2.75) is 26.7 Å². The normalized spacial score (nSPS) is 14.3. The van der Waals surface area contributed by atoms with Crippen molar-refractivity contribution in [3.63, 3.8) is 0 Å². The van der Waals surface area contributed by atoms with Crippen LogP contribution in [0.5, 0.6) is 5.75 Å². The molecule has 2 aromatic rings. The van der Waals surface area contributed by atoms with E-state index in [1.807, 2.05) is 49.1 Å². The monoisotopic (exact) mass is 366 g/mol. The molecule has 0 radical (unpaired) electrons. The molecule has 0 aromatic heterocycles. The lowest BCUT2D eigenvalue weighted by Crippen LogP contribution is -2.48. The maximum Gasteiger partial charge on any atom is 0.223 e. The fourth-order valence-corrected chi connectivity index (χ4v) is 3.43. The number of hydrogen-bond acceptors (Lipinski definition) is 4. The van der Waals surface area contributed by atoms with Crippen molar-refractivity contribution in [2.24, 2.45) is 0 Å². The summed E-state index contributed by atoms with van der Waals surface area (Å²) < 4.78 is 0. The Labute approximate surface area is 160 Å². The lowest BCUT2D eigenvalue weighted by atomic mass is 9.99. The molecule has 5 nitrogen and oxygen atoms in total. The van der Waals surface area contributed by atoms with Gasteiger partial charge in [0.2, 0.25) is 5.91 Å². The zero-order valence-electron chi connectivity index (χ0n) is 15.9. The molecule has 2 aromatic carbocycles. The van der Waals surface area contributed by atoms with Crippen LogP contribution >= 0.6 is 0 Å². The van der Waals surface area contributed by atoms with Gasteiger partial charge >= 0.3 is 0 Å². The first-order valence-electron chi connectivity index (χ1n) is 9.36. The summed E-state index contributed by atoms with van der Waals surface area (Å²) in [5.41, 5.74) is 3.78. The third kappa shape index (κ3) is 4.67. The van der Waals surface area contributed by atoms with Crippen molar-refractivity contribution >= 4 is 17.4 Å². The van der Waals surface area contributed by atoms with Crippen LogP contribution in [-0.2, 0) is 4.79 Å². The van der Waals surface area contributed by atoms with E-state index in [-0.39, 0.29) is 30.3 Å². The molecule has 0 aliphatic carbocycles. The Bertz CT molecular complexity index is 822. The zero-order valence-corrected chi connectivity index (χ0v) is 15.9. The number of phenols is 1. The first-order valence-corrected chi connectivity index (χ1v) is 9.36. The molecule has 0 unspecified atom stereocenters. The van der Waals surface area contributed by atoms with E-state index in [1.54, 1.807) is 12.1 Å². The maximum atomic E-state index is 12.5. The minimum Gasteiger partial charge on any atom is -0.508 e. The van der Waals surface area contributed by atoms with Gasteiger partial charge in [0, 0.05) is 50.3 Å². The van der Waals surface area contributed by atoms with Gasteiger partial charge in [-0.05, 0) is 49.7 Å². The number of amides is 1. The number of carbonyl (C=O) groups excluding carboxylic acids is 2. The van der Waals surface area contributed by atoms with Crippen molar-refractivity contribution in [3.05, 3.63) is 59.2 Å². The number of aryl methyl sites for hydroxylation is 2. The van der Waals surface area contributed by atoms with Crippen molar-refractivity contribution in [2.75, 3.05) is 31.1 Å². The van der Waals surface area contributed by atoms with Crippen LogP contribution in [-0.4, -0.2) is 47.9 Å². The predicted molar refractivity (Wildman–Crippen MR) is 106 cm³/mol. The molecule has 142 valence electrons. The van der Waals surface area contributed by atoms with Crippen LogP contribution in [0.25, 0.3) is 0 Å². The van der Waals surface area contributed by atoms with E-state index in [0.29, 0.717) is 13.1 Å². The van der Waals surface area contributed by atoms with Gasteiger partial charge in [-0.2, -0.15) is 0 Å². The molecule has 0 spiro atoms. The van der Waals surface area contributed by atoms with Gasteiger partial charge in [0.05, 0.1) is 0 Å². The number of anilines is 1. The van der Waals surface area contributed by atoms with E-state index in [2.05, 4.69) is 4.90 Å². The summed E-state index contributed by atoms with van der Waals surface area (Å²) in [5.74, 6) is 0.326. The fourth-order valence-electron chi connectivity index (χ4n) is 3.43. The minimum atomic E-state index is 0.0345. The largest absolute Gasteiger partial charge is 0.508 e. The van der Waals surface area contributed by atoms with Crippen molar-refractivity contribution in [1.82, 2.24) is 4.90 Å². The van der Waals surface area contributed by atoms with Crippen LogP contribution in [0.2, 0.25) is 0 Å². The van der Waals surface area contributed by atoms with Gasteiger partial charge in [-0.15, -0.1) is 0 Å². The number of aromatic hydroxyl groups is 1. The number of ketones is 1. The highest BCUT2D eigenvalue weighted by Gasteiger charge is 2.22. The predicted octanol–water partition coefficient (Wildman–Crippen LogP) is 3.32. The topological polar surface area (TPSA) is 60.9 Å². The Morgan fingerprint density at radius 3 is 2.26 bits per heavy atom. The highest BCUT2D eigenvalue weighted by Crippen LogP contribution is 2.20. The van der Waals surface area contributed by atoms with Gasteiger partial charge in [-0.25, -0.2) is 0 Å². The van der Waals surface area contributed by atoms with Crippen LogP contribution in [0.15, 0.2) is 42.5 Å². The summed E-state index contributed by atoms with van der Waals surface area (Å²) in [6, 6.07) is 13.0. The molecule has 0 bridgehead atoms. The molecular formula is C22H26N2O3. The number of carbonyl (C=O) groups is 2. The average molecular weight is 366 g/mol. The number of piperazine rings is 1. The Balaban J connectivity index is 1.50. The second-order valence-electron chi connectivity index (χ2n) is 7.13. The molecule has 1 fully saturated rings. The van der Waals surface area contributed by atoms with Crippen LogP contribution in [0.4, 0.5) is 5.69 Å². The minimum absolute atomic E-state index is 0.0345. The van der Waals surface area contributed by atoms with Crippen LogP contribution in [0.3, 0.4) is 0 Å². The van der Waals surface area contributed by atoms with Gasteiger partial charge in [0.15, 0.2) is 5.78 Å². The molecule has 1 saturated heterocycles. The standard InChI is InChI=1S/C22H26N2O3/c1-16-3-4-17(2)20(15-16)21(26)9-10-22(27)24-13-11-23(12-14-24)18-5-7-19(25)8-6-18/h3-8,15,25H,9-14H2,1-2H3. The Morgan fingerprint density at radius 1 is 0.926 bits per heavy atom. The van der Waals surface area contributed by atoms with Crippen LogP contribution in [0.1, 0.15) is 34.3 Å².